The Morgan fingerprint density at radius 1 is 0.667 bits per heavy atom. The van der Waals surface area contributed by atoms with Gasteiger partial charge in [0.25, 0.3) is 0 Å². The Morgan fingerprint density at radius 2 is 1.08 bits per heavy atom. The molecule has 0 heterocycles. The molecule has 0 radical (unpaired) electrons. The molecule has 0 spiro atoms. The summed E-state index contributed by atoms with van der Waals surface area (Å²) in [5, 5.41) is 2.84. The lowest BCUT2D eigenvalue weighted by Gasteiger charge is -2.29. The van der Waals surface area contributed by atoms with E-state index in [1.165, 1.54) is 73.1 Å². The van der Waals surface area contributed by atoms with Crippen molar-refractivity contribution >= 4 is 41.7 Å². The van der Waals surface area contributed by atoms with Crippen molar-refractivity contribution in [1.82, 2.24) is 0 Å². The van der Waals surface area contributed by atoms with E-state index in [9.17, 15) is 0 Å². The van der Waals surface area contributed by atoms with Gasteiger partial charge in [-0.25, -0.2) is 0 Å². The molecule has 3 heteroatoms. The molecule has 0 N–H and O–H groups in total. The SMILES string of the molecule is Pc1ccc2c(c1C(S)c1c(P)ccc3c1CCCC3)CCCC2. The molecule has 2 unspecified atom stereocenters. The molecule has 0 saturated carbocycles. The monoisotopic (exact) mass is 372 g/mol. The Balaban J connectivity index is 1.87. The Morgan fingerprint density at radius 3 is 1.54 bits per heavy atom. The van der Waals surface area contributed by atoms with E-state index in [2.05, 4.69) is 42.7 Å². The Labute approximate surface area is 156 Å². The van der Waals surface area contributed by atoms with Gasteiger partial charge < -0.3 is 0 Å². The van der Waals surface area contributed by atoms with Gasteiger partial charge in [-0.05, 0) is 95.4 Å². The largest absolute Gasteiger partial charge is 0.166 e. The highest BCUT2D eigenvalue weighted by Gasteiger charge is 2.25. The predicted octanol–water partition coefficient (Wildman–Crippen LogP) is 4.46. The van der Waals surface area contributed by atoms with Crippen LogP contribution < -0.4 is 10.6 Å². The molecule has 24 heavy (non-hydrogen) atoms. The van der Waals surface area contributed by atoms with Gasteiger partial charge >= 0.3 is 0 Å². The van der Waals surface area contributed by atoms with Crippen LogP contribution >= 0.6 is 31.1 Å². The first-order valence-corrected chi connectivity index (χ1v) is 10.8. The number of hydrogen-bond donors (Lipinski definition) is 1. The third-order valence-electron chi connectivity index (χ3n) is 5.77. The molecular weight excluding hydrogens is 346 g/mol. The zero-order valence-corrected chi connectivity index (χ0v) is 17.3. The van der Waals surface area contributed by atoms with Gasteiger partial charge in [-0.3, -0.25) is 0 Å². The van der Waals surface area contributed by atoms with Crippen molar-refractivity contribution in [3.8, 4) is 0 Å². The molecule has 2 aliphatic carbocycles. The van der Waals surface area contributed by atoms with Crippen LogP contribution in [0.2, 0.25) is 0 Å². The molecule has 2 aliphatic rings. The fraction of sp³-hybridized carbons (Fsp3) is 0.429. The highest BCUT2D eigenvalue weighted by atomic mass is 32.1. The van der Waals surface area contributed by atoms with Gasteiger partial charge in [0.2, 0.25) is 0 Å². The topological polar surface area (TPSA) is 0 Å². The second-order valence-electron chi connectivity index (χ2n) is 7.23. The van der Waals surface area contributed by atoms with Crippen LogP contribution in [0.5, 0.6) is 0 Å². The summed E-state index contributed by atoms with van der Waals surface area (Å²) in [5.74, 6) is 0. The zero-order chi connectivity index (χ0) is 16.7. The fourth-order valence-corrected chi connectivity index (χ4v) is 6.30. The number of benzene rings is 2. The maximum atomic E-state index is 5.19. The lowest BCUT2D eigenvalue weighted by molar-refractivity contribution is 0.674. The van der Waals surface area contributed by atoms with E-state index in [1.807, 2.05) is 0 Å². The van der Waals surface area contributed by atoms with E-state index in [1.54, 1.807) is 22.3 Å². The quantitative estimate of drug-likeness (QED) is 0.584. The number of hydrogen-bond acceptors (Lipinski definition) is 1. The first-order chi connectivity index (χ1) is 11.7. The lowest BCUT2D eigenvalue weighted by atomic mass is 9.82. The van der Waals surface area contributed by atoms with Gasteiger partial charge in [0.05, 0.1) is 5.25 Å². The van der Waals surface area contributed by atoms with Gasteiger partial charge in [0, 0.05) is 0 Å². The molecule has 0 amide bonds. The summed E-state index contributed by atoms with van der Waals surface area (Å²) in [7, 11) is 5.93. The molecule has 0 saturated heterocycles. The molecule has 2 atom stereocenters. The van der Waals surface area contributed by atoms with Crippen LogP contribution in [0.1, 0.15) is 64.3 Å². The van der Waals surface area contributed by atoms with Crippen molar-refractivity contribution in [1.29, 1.82) is 0 Å². The first-order valence-electron chi connectivity index (χ1n) is 9.15. The van der Waals surface area contributed by atoms with Crippen LogP contribution in [-0.4, -0.2) is 0 Å². The summed E-state index contributed by atoms with van der Waals surface area (Å²) in [6.07, 6.45) is 10.2. The summed E-state index contributed by atoms with van der Waals surface area (Å²) in [6, 6.07) is 9.24. The van der Waals surface area contributed by atoms with Gasteiger partial charge in [0.15, 0.2) is 0 Å². The smallest absolute Gasteiger partial charge is 0.0534 e. The predicted molar refractivity (Wildman–Crippen MR) is 116 cm³/mol. The van der Waals surface area contributed by atoms with E-state index in [4.69, 9.17) is 12.6 Å². The Hall–Kier alpha value is -0.350. The van der Waals surface area contributed by atoms with Crippen LogP contribution in [-0.2, 0) is 25.7 Å². The molecule has 0 fully saturated rings. The van der Waals surface area contributed by atoms with Crippen LogP contribution in [0.15, 0.2) is 24.3 Å². The molecule has 2 aromatic carbocycles. The molecule has 0 bridgehead atoms. The van der Waals surface area contributed by atoms with Crippen molar-refractivity contribution < 1.29 is 0 Å². The number of thiol groups is 1. The van der Waals surface area contributed by atoms with E-state index in [-0.39, 0.29) is 5.25 Å². The molecular formula is C21H26P2S. The number of aryl methyl sites for hydroxylation is 2. The molecule has 2 aromatic rings. The molecule has 0 aliphatic heterocycles. The summed E-state index contributed by atoms with van der Waals surface area (Å²) >= 11 is 5.19. The van der Waals surface area contributed by atoms with Crippen molar-refractivity contribution in [3.63, 3.8) is 0 Å². The van der Waals surface area contributed by atoms with Gasteiger partial charge in [-0.2, -0.15) is 12.6 Å². The standard InChI is InChI=1S/C21H26P2S/c22-17-11-9-13-5-1-3-7-15(13)19(17)21(24)20-16-8-4-2-6-14(16)10-12-18(20)23/h9-12,21,24H,1-8,22-23H2. The maximum absolute atomic E-state index is 5.19. The normalized spacial score (nSPS) is 16.8. The van der Waals surface area contributed by atoms with E-state index < -0.39 is 0 Å². The molecule has 126 valence electrons. The van der Waals surface area contributed by atoms with Crippen molar-refractivity contribution in [2.75, 3.05) is 0 Å². The summed E-state index contributed by atoms with van der Waals surface area (Å²) in [5.41, 5.74) is 9.18. The average Bonchev–Trinajstić information content (AvgIpc) is 2.61. The number of fused-ring (bicyclic) bond motifs is 2. The van der Waals surface area contributed by atoms with Crippen molar-refractivity contribution in [2.45, 2.75) is 56.6 Å². The third-order valence-corrected chi connectivity index (χ3v) is 7.29. The van der Waals surface area contributed by atoms with E-state index >= 15 is 0 Å². The summed E-state index contributed by atoms with van der Waals surface area (Å²) < 4.78 is 0. The van der Waals surface area contributed by atoms with Crippen LogP contribution in [0.4, 0.5) is 0 Å². The first kappa shape index (κ1) is 17.1. The van der Waals surface area contributed by atoms with Crippen LogP contribution in [0.25, 0.3) is 0 Å². The highest BCUT2D eigenvalue weighted by molar-refractivity contribution is 7.80. The van der Waals surface area contributed by atoms with Gasteiger partial charge in [-0.1, -0.05) is 24.3 Å². The Bertz CT molecular complexity index is 716. The van der Waals surface area contributed by atoms with E-state index in [0.29, 0.717) is 0 Å². The second-order valence-corrected chi connectivity index (χ2v) is 8.99. The minimum atomic E-state index is 0.186. The maximum Gasteiger partial charge on any atom is 0.0534 e. The summed E-state index contributed by atoms with van der Waals surface area (Å²) in [4.78, 5) is 0. The van der Waals surface area contributed by atoms with Crippen LogP contribution in [0.3, 0.4) is 0 Å². The Kier molecular flexibility index (Phi) is 5.06. The molecule has 0 nitrogen and oxygen atoms in total. The zero-order valence-electron chi connectivity index (χ0n) is 14.1. The van der Waals surface area contributed by atoms with Crippen molar-refractivity contribution in [2.24, 2.45) is 0 Å². The minimum Gasteiger partial charge on any atom is -0.166 e. The fourth-order valence-electron chi connectivity index (χ4n) is 4.54. The summed E-state index contributed by atoms with van der Waals surface area (Å²) in [6.45, 7) is 0. The average molecular weight is 372 g/mol. The van der Waals surface area contributed by atoms with Gasteiger partial charge in [-0.15, -0.1) is 18.5 Å². The van der Waals surface area contributed by atoms with Crippen molar-refractivity contribution in [3.05, 3.63) is 57.6 Å². The lowest BCUT2D eigenvalue weighted by Crippen LogP contribution is -2.21. The molecule has 0 aromatic heterocycles. The minimum absolute atomic E-state index is 0.186. The third kappa shape index (κ3) is 2.98. The second kappa shape index (κ2) is 7.11. The van der Waals surface area contributed by atoms with E-state index in [0.717, 1.165) is 0 Å². The highest BCUT2D eigenvalue weighted by Crippen LogP contribution is 2.38. The van der Waals surface area contributed by atoms with Crippen LogP contribution in [0, 0.1) is 0 Å². The van der Waals surface area contributed by atoms with Gasteiger partial charge in [0.1, 0.15) is 0 Å². The number of rotatable bonds is 2. The molecule has 4 rings (SSSR count).